The van der Waals surface area contributed by atoms with Crippen LogP contribution in [0, 0.1) is 5.92 Å². The molecular formula is C13H19F2NO2S. The molecule has 1 fully saturated rings. The van der Waals surface area contributed by atoms with Crippen molar-refractivity contribution >= 4 is 11.8 Å². The standard InChI is InChI=1S/C13H19F2NO2S/c14-13(15)19-9-12-2-1-11(18-12)8-16-7-10-3-5-17-6-4-10/h1-2,10,13,16H,3-9H2. The van der Waals surface area contributed by atoms with Crippen molar-refractivity contribution in [2.24, 2.45) is 5.92 Å². The Morgan fingerprint density at radius 2 is 2.00 bits per heavy atom. The predicted octanol–water partition coefficient (Wildman–Crippen LogP) is 3.25. The summed E-state index contributed by atoms with van der Waals surface area (Å²) in [7, 11) is 0. The average molecular weight is 291 g/mol. The maximum absolute atomic E-state index is 12.0. The van der Waals surface area contributed by atoms with Gasteiger partial charge in [0.2, 0.25) is 0 Å². The highest BCUT2D eigenvalue weighted by molar-refractivity contribution is 7.98. The number of rotatable bonds is 7. The van der Waals surface area contributed by atoms with Crippen molar-refractivity contribution < 1.29 is 17.9 Å². The zero-order valence-electron chi connectivity index (χ0n) is 10.7. The smallest absolute Gasteiger partial charge is 0.284 e. The number of furan rings is 1. The third-order valence-electron chi connectivity index (χ3n) is 3.14. The van der Waals surface area contributed by atoms with E-state index in [0.717, 1.165) is 38.4 Å². The largest absolute Gasteiger partial charge is 0.464 e. The molecule has 1 aromatic heterocycles. The lowest BCUT2D eigenvalue weighted by atomic mass is 10.0. The third-order valence-corrected chi connectivity index (χ3v) is 3.85. The van der Waals surface area contributed by atoms with Crippen molar-refractivity contribution in [2.45, 2.75) is 30.9 Å². The van der Waals surface area contributed by atoms with Gasteiger partial charge < -0.3 is 14.5 Å². The Balaban J connectivity index is 1.65. The Morgan fingerprint density at radius 3 is 2.74 bits per heavy atom. The number of alkyl halides is 2. The van der Waals surface area contributed by atoms with Gasteiger partial charge in [-0.2, -0.15) is 8.78 Å². The highest BCUT2D eigenvalue weighted by atomic mass is 32.2. The molecule has 0 saturated carbocycles. The second-order valence-corrected chi connectivity index (χ2v) is 5.60. The number of ether oxygens (including phenoxy) is 1. The van der Waals surface area contributed by atoms with E-state index in [0.29, 0.717) is 30.0 Å². The lowest BCUT2D eigenvalue weighted by Crippen LogP contribution is -2.27. The normalized spacial score (nSPS) is 17.2. The zero-order valence-corrected chi connectivity index (χ0v) is 11.6. The van der Waals surface area contributed by atoms with Crippen molar-refractivity contribution in [3.63, 3.8) is 0 Å². The number of halogens is 2. The Labute approximate surface area is 116 Å². The van der Waals surface area contributed by atoms with E-state index in [2.05, 4.69) is 5.32 Å². The van der Waals surface area contributed by atoms with Gasteiger partial charge in [0.05, 0.1) is 12.3 Å². The minimum absolute atomic E-state index is 0.220. The summed E-state index contributed by atoms with van der Waals surface area (Å²) in [6.45, 7) is 3.30. The quantitative estimate of drug-likeness (QED) is 0.836. The van der Waals surface area contributed by atoms with E-state index in [1.807, 2.05) is 6.07 Å². The van der Waals surface area contributed by atoms with Crippen LogP contribution in [0.3, 0.4) is 0 Å². The fourth-order valence-electron chi connectivity index (χ4n) is 2.09. The topological polar surface area (TPSA) is 34.4 Å². The molecule has 0 bridgehead atoms. The summed E-state index contributed by atoms with van der Waals surface area (Å²) >= 11 is 0.583. The van der Waals surface area contributed by atoms with E-state index in [4.69, 9.17) is 9.15 Å². The van der Waals surface area contributed by atoms with Crippen molar-refractivity contribution in [1.29, 1.82) is 0 Å². The minimum atomic E-state index is -2.35. The van der Waals surface area contributed by atoms with Gasteiger partial charge in [-0.25, -0.2) is 0 Å². The lowest BCUT2D eigenvalue weighted by molar-refractivity contribution is 0.0661. The SMILES string of the molecule is FC(F)SCc1ccc(CNCC2CCOCC2)o1. The van der Waals surface area contributed by atoms with E-state index in [1.54, 1.807) is 6.07 Å². The molecule has 1 N–H and O–H groups in total. The first-order chi connectivity index (χ1) is 9.24. The van der Waals surface area contributed by atoms with Crippen LogP contribution >= 0.6 is 11.8 Å². The van der Waals surface area contributed by atoms with E-state index in [1.165, 1.54) is 0 Å². The maximum Gasteiger partial charge on any atom is 0.284 e. The van der Waals surface area contributed by atoms with E-state index >= 15 is 0 Å². The number of thioether (sulfide) groups is 1. The Morgan fingerprint density at radius 1 is 1.26 bits per heavy atom. The molecule has 0 amide bonds. The Kier molecular flexibility index (Phi) is 6.13. The first-order valence-electron chi connectivity index (χ1n) is 6.50. The third kappa shape index (κ3) is 5.50. The number of hydrogen-bond acceptors (Lipinski definition) is 4. The second kappa shape index (κ2) is 7.87. The molecule has 2 rings (SSSR count). The van der Waals surface area contributed by atoms with Gasteiger partial charge in [-0.05, 0) is 37.4 Å². The van der Waals surface area contributed by atoms with Crippen molar-refractivity contribution in [3.8, 4) is 0 Å². The molecule has 19 heavy (non-hydrogen) atoms. The zero-order chi connectivity index (χ0) is 13.5. The Bertz CT molecular complexity index is 367. The van der Waals surface area contributed by atoms with Crippen LogP contribution in [0.25, 0.3) is 0 Å². The van der Waals surface area contributed by atoms with Crippen molar-refractivity contribution in [2.75, 3.05) is 19.8 Å². The summed E-state index contributed by atoms with van der Waals surface area (Å²) in [4.78, 5) is 0. The van der Waals surface area contributed by atoms with Gasteiger partial charge in [0.1, 0.15) is 11.5 Å². The first-order valence-corrected chi connectivity index (χ1v) is 7.54. The van der Waals surface area contributed by atoms with E-state index < -0.39 is 5.76 Å². The van der Waals surface area contributed by atoms with Crippen LogP contribution in [0.1, 0.15) is 24.4 Å². The van der Waals surface area contributed by atoms with Crippen LogP contribution in [0.15, 0.2) is 16.5 Å². The van der Waals surface area contributed by atoms with Crippen LogP contribution in [0.4, 0.5) is 8.78 Å². The summed E-state index contributed by atoms with van der Waals surface area (Å²) in [6.07, 6.45) is 2.20. The van der Waals surface area contributed by atoms with Gasteiger partial charge in [-0.15, -0.1) is 0 Å². The number of hydrogen-bond donors (Lipinski definition) is 1. The van der Waals surface area contributed by atoms with Gasteiger partial charge in [-0.3, -0.25) is 0 Å². The van der Waals surface area contributed by atoms with Crippen LogP contribution in [-0.4, -0.2) is 25.5 Å². The second-order valence-electron chi connectivity index (χ2n) is 4.63. The van der Waals surface area contributed by atoms with E-state index in [9.17, 15) is 8.78 Å². The van der Waals surface area contributed by atoms with Gasteiger partial charge in [-0.1, -0.05) is 11.8 Å². The summed E-state index contributed by atoms with van der Waals surface area (Å²) in [6, 6.07) is 3.61. The van der Waals surface area contributed by atoms with Crippen molar-refractivity contribution in [1.82, 2.24) is 5.32 Å². The van der Waals surface area contributed by atoms with Crippen LogP contribution < -0.4 is 5.32 Å². The minimum Gasteiger partial charge on any atom is -0.464 e. The Hall–Kier alpha value is -0.590. The summed E-state index contributed by atoms with van der Waals surface area (Å²) < 4.78 is 34.9. The molecule has 0 aromatic carbocycles. The highest BCUT2D eigenvalue weighted by Crippen LogP contribution is 2.21. The molecule has 0 atom stereocenters. The first kappa shape index (κ1) is 14.8. The molecule has 1 aromatic rings. The van der Waals surface area contributed by atoms with Gasteiger partial charge in [0.15, 0.2) is 0 Å². The van der Waals surface area contributed by atoms with Gasteiger partial charge in [0, 0.05) is 13.2 Å². The average Bonchev–Trinajstić information content (AvgIpc) is 2.86. The molecule has 6 heteroatoms. The summed E-state index contributed by atoms with van der Waals surface area (Å²) in [5, 5.41) is 3.35. The van der Waals surface area contributed by atoms with Gasteiger partial charge in [0.25, 0.3) is 5.76 Å². The van der Waals surface area contributed by atoms with Crippen LogP contribution in [0.2, 0.25) is 0 Å². The molecule has 1 aliphatic rings. The lowest BCUT2D eigenvalue weighted by Gasteiger charge is -2.21. The predicted molar refractivity (Wildman–Crippen MR) is 71.3 cm³/mol. The fourth-order valence-corrected chi connectivity index (χ4v) is 2.54. The molecule has 0 unspecified atom stereocenters. The highest BCUT2D eigenvalue weighted by Gasteiger charge is 2.13. The molecule has 2 heterocycles. The van der Waals surface area contributed by atoms with Crippen LogP contribution in [0.5, 0.6) is 0 Å². The molecule has 0 spiro atoms. The summed E-state index contributed by atoms with van der Waals surface area (Å²) in [5.41, 5.74) is 0. The molecule has 1 aliphatic heterocycles. The van der Waals surface area contributed by atoms with Crippen LogP contribution in [-0.2, 0) is 17.0 Å². The maximum atomic E-state index is 12.0. The molecule has 3 nitrogen and oxygen atoms in total. The van der Waals surface area contributed by atoms with Gasteiger partial charge >= 0.3 is 0 Å². The molecular weight excluding hydrogens is 272 g/mol. The molecule has 0 radical (unpaired) electrons. The number of nitrogens with one attached hydrogen (secondary N) is 1. The summed E-state index contributed by atoms with van der Waals surface area (Å²) in [5.74, 6) is -0.0553. The monoisotopic (exact) mass is 291 g/mol. The fraction of sp³-hybridized carbons (Fsp3) is 0.692. The van der Waals surface area contributed by atoms with E-state index in [-0.39, 0.29) is 5.75 Å². The molecule has 0 aliphatic carbocycles. The molecule has 108 valence electrons. The van der Waals surface area contributed by atoms with Crippen molar-refractivity contribution in [3.05, 3.63) is 23.7 Å². The molecule has 1 saturated heterocycles.